The second-order valence-corrected chi connectivity index (χ2v) is 4.67. The minimum Gasteiger partial charge on any atom is -0.368 e. The van der Waals surface area contributed by atoms with Crippen molar-refractivity contribution >= 4 is 23.2 Å². The molecule has 1 aliphatic rings. The number of hydrogen-bond donors (Lipinski definition) is 1. The number of nitrogens with zero attached hydrogens (tertiary/aromatic N) is 3. The highest BCUT2D eigenvalue weighted by atomic mass is 16.2. The molecule has 1 unspecified atom stereocenters. The van der Waals surface area contributed by atoms with E-state index in [-0.39, 0.29) is 12.3 Å². The Morgan fingerprint density at radius 2 is 2.05 bits per heavy atom. The number of rotatable bonds is 4. The van der Waals surface area contributed by atoms with Crippen molar-refractivity contribution in [2.45, 2.75) is 19.4 Å². The van der Waals surface area contributed by atoms with Crippen LogP contribution in [0.2, 0.25) is 0 Å². The normalized spacial score (nSPS) is 17.8. The van der Waals surface area contributed by atoms with Crippen molar-refractivity contribution in [3.63, 3.8) is 0 Å². The lowest BCUT2D eigenvalue weighted by atomic mass is 10.1. The molecule has 0 bridgehead atoms. The summed E-state index contributed by atoms with van der Waals surface area (Å²) < 4.78 is 0. The van der Waals surface area contributed by atoms with Gasteiger partial charge in [-0.25, -0.2) is 0 Å². The molecule has 6 nitrogen and oxygen atoms in total. The second kappa shape index (κ2) is 5.73. The molecule has 0 aromatic heterocycles. The molecule has 1 heterocycles. The molecular formula is C14H18N4O2. The summed E-state index contributed by atoms with van der Waals surface area (Å²) in [5.41, 5.74) is 6.53. The molecule has 1 aliphatic heterocycles. The monoisotopic (exact) mass is 274 g/mol. The molecule has 0 radical (unpaired) electrons. The Labute approximate surface area is 117 Å². The largest absolute Gasteiger partial charge is 0.368 e. The maximum absolute atomic E-state index is 12.1. The van der Waals surface area contributed by atoms with E-state index in [0.29, 0.717) is 12.3 Å². The van der Waals surface area contributed by atoms with Crippen LogP contribution in [0.15, 0.2) is 35.4 Å². The summed E-state index contributed by atoms with van der Waals surface area (Å²) in [6, 6.07) is 8.62. The molecule has 0 saturated heterocycles. The molecule has 2 N–H and O–H groups in total. The zero-order valence-electron chi connectivity index (χ0n) is 11.6. The topological polar surface area (TPSA) is 79.0 Å². The Balaban J connectivity index is 2.30. The minimum absolute atomic E-state index is 0.169. The molecule has 1 aromatic carbocycles. The van der Waals surface area contributed by atoms with E-state index in [1.807, 2.05) is 37.3 Å². The standard InChI is InChI=1S/C14H18N4O2/c1-3-17(2)14(20)11-9-12(13(15)19)18(16-11)10-7-5-4-6-8-10/h4-8,12H,3,9H2,1-2H3,(H2,15,19). The third-order valence-corrected chi connectivity index (χ3v) is 3.33. The number of amides is 2. The molecule has 6 heteroatoms. The summed E-state index contributed by atoms with van der Waals surface area (Å²) in [6.45, 7) is 2.47. The number of carbonyl (C=O) groups is 2. The van der Waals surface area contributed by atoms with Crippen LogP contribution >= 0.6 is 0 Å². The fraction of sp³-hybridized carbons (Fsp3) is 0.357. The van der Waals surface area contributed by atoms with Crippen molar-refractivity contribution in [3.05, 3.63) is 30.3 Å². The Hall–Kier alpha value is -2.37. The SMILES string of the molecule is CCN(C)C(=O)C1=NN(c2ccccc2)C(C(N)=O)C1. The summed E-state index contributed by atoms with van der Waals surface area (Å²) in [6.07, 6.45) is 0.243. The first-order valence-electron chi connectivity index (χ1n) is 6.51. The number of carbonyl (C=O) groups excluding carboxylic acids is 2. The van der Waals surface area contributed by atoms with E-state index in [1.54, 1.807) is 11.9 Å². The minimum atomic E-state index is -0.610. The lowest BCUT2D eigenvalue weighted by Gasteiger charge is -2.20. The maximum Gasteiger partial charge on any atom is 0.269 e. The number of para-hydroxylation sites is 1. The van der Waals surface area contributed by atoms with Crippen molar-refractivity contribution in [3.8, 4) is 0 Å². The number of benzene rings is 1. The highest BCUT2D eigenvalue weighted by Gasteiger charge is 2.35. The smallest absolute Gasteiger partial charge is 0.269 e. The number of nitrogens with two attached hydrogens (primary N) is 1. The van der Waals surface area contributed by atoms with Crippen LogP contribution < -0.4 is 10.7 Å². The van der Waals surface area contributed by atoms with Gasteiger partial charge in [0, 0.05) is 20.0 Å². The molecule has 20 heavy (non-hydrogen) atoms. The third kappa shape index (κ3) is 2.64. The van der Waals surface area contributed by atoms with Gasteiger partial charge in [-0.15, -0.1) is 0 Å². The van der Waals surface area contributed by atoms with Crippen LogP contribution in [0.4, 0.5) is 5.69 Å². The fourth-order valence-electron chi connectivity index (χ4n) is 2.04. The number of anilines is 1. The van der Waals surface area contributed by atoms with Crippen LogP contribution in [0.25, 0.3) is 0 Å². The van der Waals surface area contributed by atoms with E-state index in [0.717, 1.165) is 5.69 Å². The van der Waals surface area contributed by atoms with E-state index >= 15 is 0 Å². The van der Waals surface area contributed by atoms with Crippen LogP contribution in [-0.4, -0.2) is 42.1 Å². The third-order valence-electron chi connectivity index (χ3n) is 3.33. The van der Waals surface area contributed by atoms with Crippen molar-refractivity contribution < 1.29 is 9.59 Å². The Bertz CT molecular complexity index is 541. The maximum atomic E-state index is 12.1. The van der Waals surface area contributed by atoms with Crippen molar-refractivity contribution in [2.75, 3.05) is 18.6 Å². The van der Waals surface area contributed by atoms with Gasteiger partial charge in [0.2, 0.25) is 5.91 Å². The Kier molecular flexibility index (Phi) is 4.02. The summed E-state index contributed by atoms with van der Waals surface area (Å²) in [4.78, 5) is 25.3. The summed E-state index contributed by atoms with van der Waals surface area (Å²) >= 11 is 0. The van der Waals surface area contributed by atoms with Gasteiger partial charge in [-0.2, -0.15) is 5.10 Å². The quantitative estimate of drug-likeness (QED) is 0.872. The summed E-state index contributed by atoms with van der Waals surface area (Å²) in [5.74, 6) is -0.656. The van der Waals surface area contributed by atoms with Gasteiger partial charge < -0.3 is 10.6 Å². The highest BCUT2D eigenvalue weighted by molar-refractivity contribution is 6.40. The van der Waals surface area contributed by atoms with Gasteiger partial charge in [-0.05, 0) is 19.1 Å². The average Bonchev–Trinajstić information content (AvgIpc) is 2.92. The van der Waals surface area contributed by atoms with Crippen LogP contribution in [0.3, 0.4) is 0 Å². The van der Waals surface area contributed by atoms with Crippen LogP contribution in [0.1, 0.15) is 13.3 Å². The Morgan fingerprint density at radius 1 is 1.40 bits per heavy atom. The van der Waals surface area contributed by atoms with E-state index in [4.69, 9.17) is 5.73 Å². The van der Waals surface area contributed by atoms with Gasteiger partial charge in [0.15, 0.2) is 0 Å². The number of primary amides is 1. The summed E-state index contributed by atoms with van der Waals surface area (Å²) in [5, 5.41) is 5.81. The highest BCUT2D eigenvalue weighted by Crippen LogP contribution is 2.24. The summed E-state index contributed by atoms with van der Waals surface area (Å²) in [7, 11) is 1.70. The molecule has 2 rings (SSSR count). The van der Waals surface area contributed by atoms with Gasteiger partial charge in [-0.1, -0.05) is 18.2 Å². The van der Waals surface area contributed by atoms with E-state index < -0.39 is 11.9 Å². The van der Waals surface area contributed by atoms with Gasteiger partial charge in [-0.3, -0.25) is 14.6 Å². The Morgan fingerprint density at radius 3 is 2.60 bits per heavy atom. The predicted octanol–water partition coefficient (Wildman–Crippen LogP) is 0.585. The zero-order chi connectivity index (χ0) is 14.7. The van der Waals surface area contributed by atoms with Gasteiger partial charge in [0.05, 0.1) is 5.69 Å². The first kappa shape index (κ1) is 14.0. The number of hydrazone groups is 1. The van der Waals surface area contributed by atoms with Crippen molar-refractivity contribution in [1.82, 2.24) is 4.90 Å². The zero-order valence-corrected chi connectivity index (χ0v) is 11.6. The van der Waals surface area contributed by atoms with Gasteiger partial charge >= 0.3 is 0 Å². The predicted molar refractivity (Wildman–Crippen MR) is 77.3 cm³/mol. The first-order valence-corrected chi connectivity index (χ1v) is 6.51. The van der Waals surface area contributed by atoms with Gasteiger partial charge in [0.25, 0.3) is 5.91 Å². The van der Waals surface area contributed by atoms with Gasteiger partial charge in [0.1, 0.15) is 11.8 Å². The van der Waals surface area contributed by atoms with Crippen LogP contribution in [-0.2, 0) is 9.59 Å². The molecule has 0 fully saturated rings. The molecule has 0 saturated carbocycles. The van der Waals surface area contributed by atoms with Crippen LogP contribution in [0, 0.1) is 0 Å². The van der Waals surface area contributed by atoms with E-state index in [1.165, 1.54) is 5.01 Å². The molecule has 1 atom stereocenters. The van der Waals surface area contributed by atoms with E-state index in [2.05, 4.69) is 5.10 Å². The van der Waals surface area contributed by atoms with Crippen LogP contribution in [0.5, 0.6) is 0 Å². The molecule has 2 amide bonds. The second-order valence-electron chi connectivity index (χ2n) is 4.67. The lowest BCUT2D eigenvalue weighted by molar-refractivity contribution is -0.122. The van der Waals surface area contributed by atoms with E-state index in [9.17, 15) is 9.59 Å². The van der Waals surface area contributed by atoms with Crippen molar-refractivity contribution in [1.29, 1.82) is 0 Å². The lowest BCUT2D eigenvalue weighted by Crippen LogP contribution is -2.40. The average molecular weight is 274 g/mol. The van der Waals surface area contributed by atoms with Crippen molar-refractivity contribution in [2.24, 2.45) is 10.8 Å². The molecule has 0 spiro atoms. The fourth-order valence-corrected chi connectivity index (χ4v) is 2.04. The number of hydrogen-bond acceptors (Lipinski definition) is 4. The molecule has 1 aromatic rings. The first-order chi connectivity index (χ1) is 9.54. The molecular weight excluding hydrogens is 256 g/mol. The molecule has 106 valence electrons. The molecule has 0 aliphatic carbocycles.